The summed E-state index contributed by atoms with van der Waals surface area (Å²) in [5, 5.41) is 3.30. The van der Waals surface area contributed by atoms with Gasteiger partial charge in [-0.2, -0.15) is 0 Å². The Kier molecular flexibility index (Phi) is 4.45. The van der Waals surface area contributed by atoms with Gasteiger partial charge in [0.2, 0.25) is 6.43 Å². The molecule has 0 atom stereocenters. The maximum atomic E-state index is 12.3. The maximum Gasteiger partial charge on any atom is 0.242 e. The molecule has 1 fully saturated rings. The van der Waals surface area contributed by atoms with Crippen LogP contribution < -0.4 is 5.32 Å². The predicted octanol–water partition coefficient (Wildman–Crippen LogP) is 1.90. The number of nitrogens with zero attached hydrogens (tertiary/aromatic N) is 1. The van der Waals surface area contributed by atoms with E-state index in [0.29, 0.717) is 0 Å². The Balaban J connectivity index is 1.95. The van der Waals surface area contributed by atoms with Crippen LogP contribution in [-0.4, -0.2) is 37.5 Å². The first-order chi connectivity index (χ1) is 8.24. The fourth-order valence-electron chi connectivity index (χ4n) is 2.16. The lowest BCUT2D eigenvalue weighted by atomic mass is 10.1. The molecule has 0 spiro atoms. The Labute approximate surface area is 101 Å². The number of nitrogens with one attached hydrogen (secondary N) is 1. The quantitative estimate of drug-likeness (QED) is 0.864. The van der Waals surface area contributed by atoms with Crippen LogP contribution in [0, 0.1) is 0 Å². The zero-order chi connectivity index (χ0) is 12.1. The summed E-state index contributed by atoms with van der Waals surface area (Å²) in [4.78, 5) is 2.35. The topological polar surface area (TPSA) is 15.3 Å². The van der Waals surface area contributed by atoms with Crippen LogP contribution in [0.3, 0.4) is 0 Å². The van der Waals surface area contributed by atoms with Crippen LogP contribution in [0.2, 0.25) is 0 Å². The van der Waals surface area contributed by atoms with Crippen molar-refractivity contribution in [2.24, 2.45) is 0 Å². The number of piperazine rings is 1. The van der Waals surface area contributed by atoms with E-state index in [1.807, 2.05) is 18.2 Å². The highest BCUT2D eigenvalue weighted by atomic mass is 19.3. The van der Waals surface area contributed by atoms with Gasteiger partial charge in [0.05, 0.1) is 0 Å². The summed E-state index contributed by atoms with van der Waals surface area (Å²) in [5.74, 6) is 0. The Morgan fingerprint density at radius 2 is 1.88 bits per heavy atom. The van der Waals surface area contributed by atoms with Crippen molar-refractivity contribution in [2.45, 2.75) is 19.4 Å². The molecular formula is C13H18F2N2. The second-order valence-electron chi connectivity index (χ2n) is 4.44. The van der Waals surface area contributed by atoms with Gasteiger partial charge in [0, 0.05) is 39.1 Å². The van der Waals surface area contributed by atoms with Crippen LogP contribution in [0.4, 0.5) is 8.78 Å². The monoisotopic (exact) mass is 240 g/mol. The van der Waals surface area contributed by atoms with E-state index in [4.69, 9.17) is 0 Å². The number of benzene rings is 1. The second-order valence-corrected chi connectivity index (χ2v) is 4.44. The van der Waals surface area contributed by atoms with Crippen LogP contribution in [0.25, 0.3) is 0 Å². The molecule has 1 aliphatic heterocycles. The van der Waals surface area contributed by atoms with Gasteiger partial charge in [-0.15, -0.1) is 0 Å². The predicted molar refractivity (Wildman–Crippen MR) is 64.3 cm³/mol. The van der Waals surface area contributed by atoms with Gasteiger partial charge in [0.15, 0.2) is 0 Å². The maximum absolute atomic E-state index is 12.3. The minimum atomic E-state index is -2.26. The third-order valence-electron chi connectivity index (χ3n) is 3.00. The van der Waals surface area contributed by atoms with Gasteiger partial charge < -0.3 is 5.32 Å². The molecule has 0 aliphatic carbocycles. The minimum absolute atomic E-state index is 0.143. The first kappa shape index (κ1) is 12.5. The minimum Gasteiger partial charge on any atom is -0.314 e. The molecule has 0 unspecified atom stereocenters. The molecule has 1 aromatic rings. The number of hydrogen-bond donors (Lipinski definition) is 1. The highest BCUT2D eigenvalue weighted by molar-refractivity contribution is 5.23. The molecular weight excluding hydrogens is 222 g/mol. The molecule has 1 saturated heterocycles. The van der Waals surface area contributed by atoms with E-state index in [-0.39, 0.29) is 6.42 Å². The molecule has 0 aromatic heterocycles. The molecule has 0 amide bonds. The lowest BCUT2D eigenvalue weighted by Crippen LogP contribution is -2.42. The van der Waals surface area contributed by atoms with E-state index in [2.05, 4.69) is 10.2 Å². The van der Waals surface area contributed by atoms with Crippen LogP contribution in [0.5, 0.6) is 0 Å². The third-order valence-corrected chi connectivity index (χ3v) is 3.00. The molecule has 94 valence electrons. The number of alkyl halides is 2. The highest BCUT2D eigenvalue weighted by Crippen LogP contribution is 2.12. The molecule has 1 aromatic carbocycles. The smallest absolute Gasteiger partial charge is 0.242 e. The van der Waals surface area contributed by atoms with Crippen LogP contribution in [0.15, 0.2) is 24.3 Å². The van der Waals surface area contributed by atoms with E-state index in [1.54, 1.807) is 6.07 Å². The number of halogens is 2. The van der Waals surface area contributed by atoms with Crippen molar-refractivity contribution < 1.29 is 8.78 Å². The largest absolute Gasteiger partial charge is 0.314 e. The van der Waals surface area contributed by atoms with E-state index in [1.165, 1.54) is 0 Å². The van der Waals surface area contributed by atoms with Crippen LogP contribution >= 0.6 is 0 Å². The number of rotatable bonds is 4. The van der Waals surface area contributed by atoms with Crippen molar-refractivity contribution in [3.05, 3.63) is 35.4 Å². The third kappa shape index (κ3) is 4.06. The SMILES string of the molecule is FC(F)Cc1cccc(CN2CCNCC2)c1. The Bertz CT molecular complexity index is 349. The molecule has 2 rings (SSSR count). The van der Waals surface area contributed by atoms with Crippen molar-refractivity contribution in [1.82, 2.24) is 10.2 Å². The van der Waals surface area contributed by atoms with Gasteiger partial charge in [0.1, 0.15) is 0 Å². The van der Waals surface area contributed by atoms with Crippen molar-refractivity contribution in [2.75, 3.05) is 26.2 Å². The molecule has 4 heteroatoms. The van der Waals surface area contributed by atoms with Gasteiger partial charge in [0.25, 0.3) is 0 Å². The average Bonchev–Trinajstić information content (AvgIpc) is 2.30. The van der Waals surface area contributed by atoms with Crippen LogP contribution in [0.1, 0.15) is 11.1 Å². The lowest BCUT2D eigenvalue weighted by Gasteiger charge is -2.27. The van der Waals surface area contributed by atoms with Gasteiger partial charge in [-0.05, 0) is 11.1 Å². The Morgan fingerprint density at radius 1 is 1.18 bits per heavy atom. The molecule has 0 radical (unpaired) electrons. The lowest BCUT2D eigenvalue weighted by molar-refractivity contribution is 0.149. The zero-order valence-corrected chi connectivity index (χ0v) is 9.83. The van der Waals surface area contributed by atoms with Crippen molar-refractivity contribution in [1.29, 1.82) is 0 Å². The first-order valence-electron chi connectivity index (χ1n) is 6.03. The zero-order valence-electron chi connectivity index (χ0n) is 9.83. The van der Waals surface area contributed by atoms with Crippen molar-refractivity contribution in [3.63, 3.8) is 0 Å². The summed E-state index contributed by atoms with van der Waals surface area (Å²) in [7, 11) is 0. The summed E-state index contributed by atoms with van der Waals surface area (Å²) in [6.07, 6.45) is -2.40. The summed E-state index contributed by atoms with van der Waals surface area (Å²) in [6.45, 7) is 4.93. The normalized spacial score (nSPS) is 17.6. The molecule has 17 heavy (non-hydrogen) atoms. The van der Waals surface area contributed by atoms with E-state index < -0.39 is 6.43 Å². The molecule has 0 bridgehead atoms. The molecule has 1 N–H and O–H groups in total. The molecule has 1 heterocycles. The summed E-state index contributed by atoms with van der Waals surface area (Å²) < 4.78 is 24.6. The van der Waals surface area contributed by atoms with Gasteiger partial charge in [-0.3, -0.25) is 4.90 Å². The Hall–Kier alpha value is -1.00. The Morgan fingerprint density at radius 3 is 2.59 bits per heavy atom. The number of hydrogen-bond acceptors (Lipinski definition) is 2. The summed E-state index contributed by atoms with van der Waals surface area (Å²) in [6, 6.07) is 7.55. The van der Waals surface area contributed by atoms with Gasteiger partial charge in [-0.25, -0.2) is 8.78 Å². The highest BCUT2D eigenvalue weighted by Gasteiger charge is 2.10. The van der Waals surface area contributed by atoms with Crippen molar-refractivity contribution in [3.8, 4) is 0 Å². The fourth-order valence-corrected chi connectivity index (χ4v) is 2.16. The van der Waals surface area contributed by atoms with E-state index in [0.717, 1.165) is 43.9 Å². The fraction of sp³-hybridized carbons (Fsp3) is 0.538. The second kappa shape index (κ2) is 6.07. The first-order valence-corrected chi connectivity index (χ1v) is 6.03. The van der Waals surface area contributed by atoms with E-state index in [9.17, 15) is 8.78 Å². The average molecular weight is 240 g/mol. The molecule has 0 saturated carbocycles. The summed E-state index contributed by atoms with van der Waals surface area (Å²) in [5.41, 5.74) is 1.86. The molecule has 1 aliphatic rings. The van der Waals surface area contributed by atoms with Crippen molar-refractivity contribution >= 4 is 0 Å². The summed E-state index contributed by atoms with van der Waals surface area (Å²) >= 11 is 0. The van der Waals surface area contributed by atoms with Crippen LogP contribution in [-0.2, 0) is 13.0 Å². The van der Waals surface area contributed by atoms with E-state index >= 15 is 0 Å². The van der Waals surface area contributed by atoms with Gasteiger partial charge >= 0.3 is 0 Å². The van der Waals surface area contributed by atoms with Gasteiger partial charge in [-0.1, -0.05) is 24.3 Å². The standard InChI is InChI=1S/C13H18F2N2/c14-13(15)9-11-2-1-3-12(8-11)10-17-6-4-16-5-7-17/h1-3,8,13,16H,4-7,9-10H2. The molecule has 2 nitrogen and oxygen atoms in total.